The van der Waals surface area contributed by atoms with Crippen molar-refractivity contribution in [3.63, 3.8) is 0 Å². The smallest absolute Gasteiger partial charge is 0.267 e. The quantitative estimate of drug-likeness (QED) is 0.599. The Kier molecular flexibility index (Phi) is 7.26. The van der Waals surface area contributed by atoms with Crippen molar-refractivity contribution in [2.75, 3.05) is 39.4 Å². The summed E-state index contributed by atoms with van der Waals surface area (Å²) in [6.45, 7) is 8.36. The largest absolute Gasteiger partial charge is 0.379 e. The van der Waals surface area contributed by atoms with Crippen LogP contribution in [0, 0.1) is 0 Å². The van der Waals surface area contributed by atoms with Gasteiger partial charge in [-0.2, -0.15) is 5.10 Å². The van der Waals surface area contributed by atoms with Gasteiger partial charge in [-0.1, -0.05) is 30.3 Å². The fourth-order valence-electron chi connectivity index (χ4n) is 3.80. The molecule has 0 unspecified atom stereocenters. The van der Waals surface area contributed by atoms with Gasteiger partial charge < -0.3 is 10.1 Å². The van der Waals surface area contributed by atoms with E-state index < -0.39 is 0 Å². The van der Waals surface area contributed by atoms with Crippen LogP contribution in [0.2, 0.25) is 0 Å². The second kappa shape index (κ2) is 10.5. The molecule has 1 aliphatic rings. The second-order valence-corrected chi connectivity index (χ2v) is 8.29. The number of benzene rings is 1. The number of morpholine rings is 1. The molecule has 0 bridgehead atoms. The van der Waals surface area contributed by atoms with Gasteiger partial charge in [-0.15, -0.1) is 0 Å². The summed E-state index contributed by atoms with van der Waals surface area (Å²) >= 11 is 0. The number of nitrogens with zero attached hydrogens (tertiary/aromatic N) is 4. The van der Waals surface area contributed by atoms with Crippen molar-refractivity contribution >= 4 is 5.91 Å². The minimum Gasteiger partial charge on any atom is -0.379 e. The highest BCUT2D eigenvalue weighted by molar-refractivity contribution is 5.96. The van der Waals surface area contributed by atoms with Crippen LogP contribution in [-0.2, 0) is 4.74 Å². The Morgan fingerprint density at radius 3 is 2.61 bits per heavy atom. The van der Waals surface area contributed by atoms with Crippen LogP contribution < -0.4 is 10.9 Å². The molecule has 1 N–H and O–H groups in total. The Bertz CT molecular complexity index is 1150. The number of pyridine rings is 1. The van der Waals surface area contributed by atoms with E-state index in [2.05, 4.69) is 20.3 Å². The summed E-state index contributed by atoms with van der Waals surface area (Å²) in [6.07, 6.45) is 1.59. The molecular formula is C25H29N5O3. The minimum atomic E-state index is -0.186. The number of hydrogen-bond donors (Lipinski definition) is 1. The van der Waals surface area contributed by atoms with Crippen molar-refractivity contribution in [2.24, 2.45) is 0 Å². The van der Waals surface area contributed by atoms with Gasteiger partial charge in [0.05, 0.1) is 36.2 Å². The number of ether oxygens (including phenoxy) is 1. The standard InChI is InChI=1S/C25H29N5O3/c1-18(2)30-23(31)9-8-22(28-30)21-16-20(17-27-24(21)19-6-4-3-5-7-19)25(32)26-10-11-29-12-14-33-15-13-29/h3-9,16-18H,10-15H2,1-2H3,(H,26,32). The predicted molar refractivity (Wildman–Crippen MR) is 127 cm³/mol. The third-order valence-corrected chi connectivity index (χ3v) is 5.60. The number of carbonyl (C=O) groups excluding carboxylic acids is 1. The van der Waals surface area contributed by atoms with Crippen molar-refractivity contribution < 1.29 is 9.53 Å². The molecule has 1 saturated heterocycles. The fourth-order valence-corrected chi connectivity index (χ4v) is 3.80. The first-order valence-electron chi connectivity index (χ1n) is 11.3. The fraction of sp³-hybridized carbons (Fsp3) is 0.360. The zero-order valence-electron chi connectivity index (χ0n) is 19.0. The predicted octanol–water partition coefficient (Wildman–Crippen LogP) is 2.62. The van der Waals surface area contributed by atoms with Crippen LogP contribution in [0.5, 0.6) is 0 Å². The molecule has 8 heteroatoms. The van der Waals surface area contributed by atoms with Gasteiger partial charge in [-0.25, -0.2) is 4.68 Å². The summed E-state index contributed by atoms with van der Waals surface area (Å²) in [4.78, 5) is 32.0. The SMILES string of the molecule is CC(C)n1nc(-c2cc(C(=O)NCCN3CCOCC3)cnc2-c2ccccc2)ccc1=O. The topological polar surface area (TPSA) is 89.3 Å². The summed E-state index contributed by atoms with van der Waals surface area (Å²) in [7, 11) is 0. The first kappa shape index (κ1) is 22.8. The van der Waals surface area contributed by atoms with Gasteiger partial charge in [-0.3, -0.25) is 19.5 Å². The Hall–Kier alpha value is -3.36. The summed E-state index contributed by atoms with van der Waals surface area (Å²) in [5.41, 5.74) is 3.21. The van der Waals surface area contributed by atoms with Gasteiger partial charge in [0.15, 0.2) is 0 Å². The molecule has 172 valence electrons. The minimum absolute atomic E-state index is 0.0859. The molecule has 33 heavy (non-hydrogen) atoms. The average Bonchev–Trinajstić information content (AvgIpc) is 2.85. The molecule has 3 heterocycles. The van der Waals surface area contributed by atoms with E-state index in [0.29, 0.717) is 29.1 Å². The van der Waals surface area contributed by atoms with Gasteiger partial charge in [0.2, 0.25) is 0 Å². The monoisotopic (exact) mass is 447 g/mol. The molecule has 0 atom stereocenters. The molecule has 0 aliphatic carbocycles. The number of carbonyl (C=O) groups is 1. The lowest BCUT2D eigenvalue weighted by atomic mass is 10.0. The van der Waals surface area contributed by atoms with E-state index in [4.69, 9.17) is 4.74 Å². The Morgan fingerprint density at radius 1 is 1.12 bits per heavy atom. The lowest BCUT2D eigenvalue weighted by molar-refractivity contribution is 0.0383. The molecular weight excluding hydrogens is 418 g/mol. The summed E-state index contributed by atoms with van der Waals surface area (Å²) in [6, 6.07) is 14.7. The molecule has 0 spiro atoms. The lowest BCUT2D eigenvalue weighted by Crippen LogP contribution is -2.41. The Morgan fingerprint density at radius 2 is 1.88 bits per heavy atom. The van der Waals surface area contributed by atoms with Gasteiger partial charge >= 0.3 is 0 Å². The summed E-state index contributed by atoms with van der Waals surface area (Å²) in [5, 5.41) is 7.55. The third-order valence-electron chi connectivity index (χ3n) is 5.60. The normalized spacial score (nSPS) is 14.4. The van der Waals surface area contributed by atoms with E-state index >= 15 is 0 Å². The van der Waals surface area contributed by atoms with Crippen molar-refractivity contribution in [1.29, 1.82) is 0 Å². The number of hydrogen-bond acceptors (Lipinski definition) is 6. The molecule has 0 saturated carbocycles. The Balaban J connectivity index is 1.63. The van der Waals surface area contributed by atoms with E-state index in [9.17, 15) is 9.59 Å². The molecule has 3 aromatic rings. The zero-order valence-corrected chi connectivity index (χ0v) is 19.0. The number of amides is 1. The van der Waals surface area contributed by atoms with Gasteiger partial charge in [0, 0.05) is 49.6 Å². The van der Waals surface area contributed by atoms with Crippen LogP contribution in [0.1, 0.15) is 30.2 Å². The van der Waals surface area contributed by atoms with Crippen LogP contribution in [0.3, 0.4) is 0 Å². The van der Waals surface area contributed by atoms with Crippen molar-refractivity contribution in [2.45, 2.75) is 19.9 Å². The molecule has 1 fully saturated rings. The molecule has 1 aliphatic heterocycles. The van der Waals surface area contributed by atoms with Crippen LogP contribution in [0.4, 0.5) is 0 Å². The van der Waals surface area contributed by atoms with Crippen LogP contribution >= 0.6 is 0 Å². The van der Waals surface area contributed by atoms with E-state index in [1.54, 1.807) is 18.3 Å². The zero-order chi connectivity index (χ0) is 23.2. The van der Waals surface area contributed by atoms with Crippen LogP contribution in [0.15, 0.2) is 59.5 Å². The third kappa shape index (κ3) is 5.53. The molecule has 2 aromatic heterocycles. The van der Waals surface area contributed by atoms with E-state index in [1.807, 2.05) is 44.2 Å². The first-order valence-corrected chi connectivity index (χ1v) is 11.3. The molecule has 0 radical (unpaired) electrons. The number of rotatable bonds is 7. The maximum absolute atomic E-state index is 12.9. The summed E-state index contributed by atoms with van der Waals surface area (Å²) in [5.74, 6) is -0.186. The molecule has 4 rings (SSSR count). The molecule has 1 aromatic carbocycles. The first-order chi connectivity index (χ1) is 16.0. The second-order valence-electron chi connectivity index (χ2n) is 8.29. The van der Waals surface area contributed by atoms with Gasteiger partial charge in [-0.05, 0) is 26.0 Å². The molecule has 1 amide bonds. The van der Waals surface area contributed by atoms with Crippen molar-refractivity contribution in [3.8, 4) is 22.5 Å². The number of nitrogens with one attached hydrogen (secondary N) is 1. The van der Waals surface area contributed by atoms with Gasteiger partial charge in [0.1, 0.15) is 0 Å². The average molecular weight is 448 g/mol. The van der Waals surface area contributed by atoms with E-state index in [1.165, 1.54) is 10.7 Å². The van der Waals surface area contributed by atoms with Crippen molar-refractivity contribution in [1.82, 2.24) is 25.0 Å². The Labute approximate surface area is 193 Å². The summed E-state index contributed by atoms with van der Waals surface area (Å²) < 4.78 is 6.81. The van der Waals surface area contributed by atoms with Crippen LogP contribution in [-0.4, -0.2) is 65.0 Å². The highest BCUT2D eigenvalue weighted by atomic mass is 16.5. The van der Waals surface area contributed by atoms with E-state index in [-0.39, 0.29) is 17.5 Å². The van der Waals surface area contributed by atoms with Gasteiger partial charge in [0.25, 0.3) is 11.5 Å². The maximum Gasteiger partial charge on any atom is 0.267 e. The highest BCUT2D eigenvalue weighted by Crippen LogP contribution is 2.29. The maximum atomic E-state index is 12.9. The lowest BCUT2D eigenvalue weighted by Gasteiger charge is -2.26. The van der Waals surface area contributed by atoms with Crippen LogP contribution in [0.25, 0.3) is 22.5 Å². The van der Waals surface area contributed by atoms with Crippen molar-refractivity contribution in [3.05, 3.63) is 70.6 Å². The highest BCUT2D eigenvalue weighted by Gasteiger charge is 2.17. The van der Waals surface area contributed by atoms with E-state index in [0.717, 1.165) is 38.4 Å². The molecule has 8 nitrogen and oxygen atoms in total. The number of aromatic nitrogens is 3.